The van der Waals surface area contributed by atoms with Crippen molar-refractivity contribution in [1.82, 2.24) is 4.31 Å². The van der Waals surface area contributed by atoms with Gasteiger partial charge in [0.25, 0.3) is 0 Å². The molecule has 20 heavy (non-hydrogen) atoms. The lowest BCUT2D eigenvalue weighted by Crippen LogP contribution is -2.48. The van der Waals surface area contributed by atoms with Crippen LogP contribution in [0.3, 0.4) is 0 Å². The quantitative estimate of drug-likeness (QED) is 0.736. The molecule has 0 saturated carbocycles. The lowest BCUT2D eigenvalue weighted by Gasteiger charge is -2.34. The van der Waals surface area contributed by atoms with Gasteiger partial charge in [0.15, 0.2) is 0 Å². The number of nitrogens with two attached hydrogens (primary N) is 1. The van der Waals surface area contributed by atoms with Crippen molar-refractivity contribution in [3.05, 3.63) is 21.1 Å². The number of benzene rings is 1. The molecule has 2 rings (SSSR count). The van der Waals surface area contributed by atoms with Crippen molar-refractivity contribution >= 4 is 47.6 Å². The molecule has 0 spiro atoms. The first-order valence-corrected chi connectivity index (χ1v) is 9.14. The minimum Gasteiger partial charge on any atom is -0.399 e. The van der Waals surface area contributed by atoms with Crippen molar-refractivity contribution in [3.8, 4) is 0 Å². The van der Waals surface area contributed by atoms with Gasteiger partial charge in [0.05, 0.1) is 12.2 Å². The molecule has 8 heteroatoms. The first-order valence-electron chi connectivity index (χ1n) is 6.12. The van der Waals surface area contributed by atoms with E-state index in [1.165, 1.54) is 4.31 Å². The van der Waals surface area contributed by atoms with E-state index in [2.05, 4.69) is 31.9 Å². The molecule has 1 aliphatic rings. The highest BCUT2D eigenvalue weighted by Crippen LogP contribution is 2.35. The summed E-state index contributed by atoms with van der Waals surface area (Å²) in [7, 11) is -3.60. The van der Waals surface area contributed by atoms with Crippen LogP contribution in [0.25, 0.3) is 0 Å². The van der Waals surface area contributed by atoms with E-state index in [0.717, 1.165) is 0 Å². The van der Waals surface area contributed by atoms with E-state index in [-0.39, 0.29) is 17.1 Å². The van der Waals surface area contributed by atoms with Crippen molar-refractivity contribution in [2.75, 3.05) is 18.8 Å². The number of anilines is 1. The van der Waals surface area contributed by atoms with Gasteiger partial charge in [-0.25, -0.2) is 8.42 Å². The average Bonchev–Trinajstić information content (AvgIpc) is 2.25. The smallest absolute Gasteiger partial charge is 0.245 e. The number of nitrogens with zero attached hydrogens (tertiary/aromatic N) is 1. The maximum atomic E-state index is 12.8. The van der Waals surface area contributed by atoms with Crippen LogP contribution >= 0.6 is 31.9 Å². The molecule has 1 heterocycles. The number of sulfonamides is 1. The highest BCUT2D eigenvalue weighted by atomic mass is 79.9. The minimum atomic E-state index is -3.60. The third-order valence-electron chi connectivity index (χ3n) is 3.00. The second-order valence-corrected chi connectivity index (χ2v) is 8.48. The standard InChI is InChI=1S/C12H16Br2N2O3S/c1-7-5-16(6-8(2)19-7)20(17,18)12-10(13)3-9(15)4-11(12)14/h3-4,7-8H,5-6,15H2,1-2H3/t7-,8+. The number of rotatable bonds is 2. The Bertz CT molecular complexity index is 588. The zero-order chi connectivity index (χ0) is 15.1. The molecule has 1 aromatic carbocycles. The number of halogens is 2. The van der Waals surface area contributed by atoms with E-state index in [4.69, 9.17) is 10.5 Å². The largest absolute Gasteiger partial charge is 0.399 e. The van der Waals surface area contributed by atoms with Crippen molar-refractivity contribution < 1.29 is 13.2 Å². The SMILES string of the molecule is C[C@@H]1CN(S(=O)(=O)c2c(Br)cc(N)cc2Br)C[C@H](C)O1. The summed E-state index contributed by atoms with van der Waals surface area (Å²) in [5, 5.41) is 0. The number of ether oxygens (including phenoxy) is 1. The van der Waals surface area contributed by atoms with E-state index >= 15 is 0 Å². The maximum absolute atomic E-state index is 12.8. The Kier molecular flexibility index (Phi) is 4.80. The van der Waals surface area contributed by atoms with Gasteiger partial charge in [-0.1, -0.05) is 0 Å². The molecule has 1 saturated heterocycles. The summed E-state index contributed by atoms with van der Waals surface area (Å²) in [5.41, 5.74) is 6.20. The second kappa shape index (κ2) is 5.92. The molecule has 5 nitrogen and oxygen atoms in total. The fourth-order valence-corrected chi connectivity index (χ4v) is 6.41. The van der Waals surface area contributed by atoms with Gasteiger partial charge in [0.2, 0.25) is 10.0 Å². The maximum Gasteiger partial charge on any atom is 0.245 e. The molecule has 0 bridgehead atoms. The lowest BCUT2D eigenvalue weighted by atomic mass is 10.3. The Morgan fingerprint density at radius 1 is 1.20 bits per heavy atom. The summed E-state index contributed by atoms with van der Waals surface area (Å²) in [6.07, 6.45) is -0.250. The molecule has 1 aliphatic heterocycles. The lowest BCUT2D eigenvalue weighted by molar-refractivity contribution is -0.0441. The molecule has 2 atom stereocenters. The van der Waals surface area contributed by atoms with Gasteiger partial charge in [0.1, 0.15) is 4.90 Å². The van der Waals surface area contributed by atoms with Crippen LogP contribution < -0.4 is 5.73 Å². The van der Waals surface area contributed by atoms with Gasteiger partial charge in [-0.05, 0) is 57.8 Å². The zero-order valence-electron chi connectivity index (χ0n) is 11.1. The fraction of sp³-hybridized carbons (Fsp3) is 0.500. The molecule has 2 N–H and O–H groups in total. The van der Waals surface area contributed by atoms with Gasteiger partial charge < -0.3 is 10.5 Å². The van der Waals surface area contributed by atoms with Crippen LogP contribution in [0.2, 0.25) is 0 Å². The number of hydrogen-bond acceptors (Lipinski definition) is 4. The summed E-state index contributed by atoms with van der Waals surface area (Å²) in [4.78, 5) is 0.202. The minimum absolute atomic E-state index is 0.125. The van der Waals surface area contributed by atoms with Gasteiger partial charge >= 0.3 is 0 Å². The van der Waals surface area contributed by atoms with E-state index in [0.29, 0.717) is 27.7 Å². The molecule has 1 fully saturated rings. The highest BCUT2D eigenvalue weighted by molar-refractivity contribution is 9.11. The second-order valence-electron chi connectivity index (χ2n) is 4.89. The topological polar surface area (TPSA) is 72.6 Å². The normalized spacial score (nSPS) is 24.8. The Balaban J connectivity index is 2.45. The third kappa shape index (κ3) is 3.19. The Hall–Kier alpha value is -0.150. The predicted octanol–water partition coefficient (Wildman–Crippen LogP) is 2.59. The van der Waals surface area contributed by atoms with E-state index in [9.17, 15) is 8.42 Å². The summed E-state index contributed by atoms with van der Waals surface area (Å²) in [5.74, 6) is 0. The Morgan fingerprint density at radius 3 is 2.10 bits per heavy atom. The van der Waals surface area contributed by atoms with Crippen molar-refractivity contribution in [2.24, 2.45) is 0 Å². The van der Waals surface area contributed by atoms with Gasteiger partial charge in [0, 0.05) is 27.7 Å². The molecule has 0 aromatic heterocycles. The molecule has 0 unspecified atom stereocenters. The molecule has 1 aromatic rings. The molecule has 112 valence electrons. The van der Waals surface area contributed by atoms with Gasteiger partial charge in [-0.15, -0.1) is 0 Å². The third-order valence-corrected chi connectivity index (χ3v) is 6.71. The summed E-state index contributed by atoms with van der Waals surface area (Å²) < 4.78 is 33.5. The van der Waals surface area contributed by atoms with Crippen molar-refractivity contribution in [3.63, 3.8) is 0 Å². The highest BCUT2D eigenvalue weighted by Gasteiger charge is 2.34. The molecule has 0 amide bonds. The number of hydrogen-bond donors (Lipinski definition) is 1. The average molecular weight is 428 g/mol. The summed E-state index contributed by atoms with van der Waals surface area (Å²) in [6, 6.07) is 3.18. The van der Waals surface area contributed by atoms with Crippen molar-refractivity contribution in [1.29, 1.82) is 0 Å². The van der Waals surface area contributed by atoms with E-state index < -0.39 is 10.0 Å². The van der Waals surface area contributed by atoms with Gasteiger partial charge in [-0.2, -0.15) is 4.31 Å². The monoisotopic (exact) mass is 426 g/mol. The van der Waals surface area contributed by atoms with Crippen LogP contribution in [0.4, 0.5) is 5.69 Å². The predicted molar refractivity (Wildman–Crippen MR) is 85.0 cm³/mol. The van der Waals surface area contributed by atoms with Crippen LogP contribution in [-0.4, -0.2) is 38.0 Å². The molecular weight excluding hydrogens is 412 g/mol. The fourth-order valence-electron chi connectivity index (χ4n) is 2.28. The number of morpholine rings is 1. The van der Waals surface area contributed by atoms with Crippen LogP contribution in [0.5, 0.6) is 0 Å². The molecule has 0 radical (unpaired) electrons. The van der Waals surface area contributed by atoms with Crippen molar-refractivity contribution in [2.45, 2.75) is 31.0 Å². The summed E-state index contributed by atoms with van der Waals surface area (Å²) >= 11 is 6.57. The van der Waals surface area contributed by atoms with Gasteiger partial charge in [-0.3, -0.25) is 0 Å². The summed E-state index contributed by atoms with van der Waals surface area (Å²) in [6.45, 7) is 4.42. The van der Waals surface area contributed by atoms with Crippen LogP contribution in [0, 0.1) is 0 Å². The number of nitrogen functional groups attached to an aromatic ring is 1. The van der Waals surface area contributed by atoms with Crippen LogP contribution in [0.1, 0.15) is 13.8 Å². The Morgan fingerprint density at radius 2 is 1.65 bits per heavy atom. The van der Waals surface area contributed by atoms with Crippen LogP contribution in [-0.2, 0) is 14.8 Å². The molecular formula is C12H16Br2N2O3S. The Labute approximate surface area is 135 Å². The molecule has 0 aliphatic carbocycles. The first-order chi connectivity index (χ1) is 9.21. The van der Waals surface area contributed by atoms with E-state index in [1.54, 1.807) is 12.1 Å². The first kappa shape index (κ1) is 16.2. The van der Waals surface area contributed by atoms with Crippen LogP contribution in [0.15, 0.2) is 26.0 Å². The zero-order valence-corrected chi connectivity index (χ0v) is 15.1. The van der Waals surface area contributed by atoms with E-state index in [1.807, 2.05) is 13.8 Å².